The first-order valence-corrected chi connectivity index (χ1v) is 4.55. The molecule has 0 unspecified atom stereocenters. The average molecular weight is 222 g/mol. The number of rotatable bonds is 3. The second kappa shape index (κ2) is 3.74. The molecule has 0 saturated carbocycles. The number of carbonyl (C=O) groups is 1. The zero-order chi connectivity index (χ0) is 11.7. The minimum atomic E-state index is -0.279. The molecular weight excluding hydrogens is 212 g/mol. The molecule has 0 bridgehead atoms. The molecule has 0 spiro atoms. The van der Waals surface area contributed by atoms with Crippen molar-refractivity contribution in [3.8, 4) is 17.4 Å². The number of aromatic nitrogens is 2. The largest absolute Gasteiger partial charge is 0.494 e. The van der Waals surface area contributed by atoms with Gasteiger partial charge < -0.3 is 19.9 Å². The lowest BCUT2D eigenvalue weighted by Crippen LogP contribution is -2.03. The molecule has 0 amide bonds. The summed E-state index contributed by atoms with van der Waals surface area (Å²) in [6.07, 6.45) is 0.600. The molecule has 4 N–H and O–H groups in total. The Hall–Kier alpha value is -2.21. The van der Waals surface area contributed by atoms with E-state index < -0.39 is 0 Å². The number of aliphatic hydroxyl groups is 1. The Labute approximate surface area is 90.4 Å². The molecule has 0 fully saturated rings. The Morgan fingerprint density at radius 3 is 2.62 bits per heavy atom. The van der Waals surface area contributed by atoms with Crippen molar-refractivity contribution in [1.82, 2.24) is 9.55 Å². The Balaban J connectivity index is 2.66. The van der Waals surface area contributed by atoms with Crippen molar-refractivity contribution in [2.24, 2.45) is 0 Å². The molecule has 84 valence electrons. The summed E-state index contributed by atoms with van der Waals surface area (Å²) in [6, 6.07) is 4.34. The smallest absolute Gasteiger partial charge is 0.216 e. The summed E-state index contributed by atoms with van der Waals surface area (Å²) in [5.41, 5.74) is 0.934. The number of H-pyrrole nitrogens is 1. The number of carbonyl (C=O) groups excluding carboxylic acids is 1. The predicted molar refractivity (Wildman–Crippen MR) is 54.8 cm³/mol. The zero-order valence-electron chi connectivity index (χ0n) is 8.21. The van der Waals surface area contributed by atoms with E-state index in [4.69, 9.17) is 5.11 Å². The van der Waals surface area contributed by atoms with Gasteiger partial charge in [0.25, 0.3) is 0 Å². The molecule has 16 heavy (non-hydrogen) atoms. The van der Waals surface area contributed by atoms with Gasteiger partial charge in [0.05, 0.1) is 12.3 Å². The van der Waals surface area contributed by atoms with Crippen LogP contribution in [0.1, 0.15) is 16.2 Å². The number of aldehydes is 1. The Kier molecular flexibility index (Phi) is 2.41. The first kappa shape index (κ1) is 10.3. The molecule has 0 atom stereocenters. The molecular formula is C10H10N2O4. The van der Waals surface area contributed by atoms with Crippen molar-refractivity contribution in [3.63, 3.8) is 0 Å². The van der Waals surface area contributed by atoms with E-state index in [2.05, 4.69) is 4.98 Å². The number of nitrogens with zero attached hydrogens (tertiary/aromatic N) is 1. The van der Waals surface area contributed by atoms with Crippen LogP contribution in [0.3, 0.4) is 0 Å². The summed E-state index contributed by atoms with van der Waals surface area (Å²) in [5, 5.41) is 27.8. The van der Waals surface area contributed by atoms with Gasteiger partial charge in [-0.2, -0.15) is 0 Å². The molecule has 6 nitrogen and oxygen atoms in total. The van der Waals surface area contributed by atoms with Crippen LogP contribution in [0.25, 0.3) is 5.69 Å². The van der Waals surface area contributed by atoms with Crippen molar-refractivity contribution in [3.05, 3.63) is 29.6 Å². The van der Waals surface area contributed by atoms with Crippen LogP contribution in [0.2, 0.25) is 0 Å². The van der Waals surface area contributed by atoms with Crippen molar-refractivity contribution < 1.29 is 20.1 Å². The summed E-state index contributed by atoms with van der Waals surface area (Å²) in [5.74, 6) is -0.492. The Morgan fingerprint density at radius 2 is 2.12 bits per heavy atom. The number of hydrogen-bond acceptors (Lipinski definition) is 4. The van der Waals surface area contributed by atoms with Gasteiger partial charge >= 0.3 is 0 Å². The van der Waals surface area contributed by atoms with Crippen LogP contribution in [-0.4, -0.2) is 31.2 Å². The second-order valence-corrected chi connectivity index (χ2v) is 3.25. The Bertz CT molecular complexity index is 527. The average Bonchev–Trinajstić information content (AvgIpc) is 2.80. The summed E-state index contributed by atoms with van der Waals surface area (Å²) in [6.45, 7) is -0.279. The predicted octanol–water partition coefficient (Wildman–Crippen LogP) is 0.521. The van der Waals surface area contributed by atoms with Gasteiger partial charge in [-0.3, -0.25) is 9.78 Å². The zero-order valence-corrected chi connectivity index (χ0v) is 8.21. The van der Waals surface area contributed by atoms with Gasteiger partial charge in [0.15, 0.2) is 12.2 Å². The molecule has 0 aliphatic heterocycles. The van der Waals surface area contributed by atoms with E-state index in [-0.39, 0.29) is 29.7 Å². The topological polar surface area (TPSA) is 98.5 Å². The number of aromatic hydroxyl groups is 2. The molecule has 6 heteroatoms. The van der Waals surface area contributed by atoms with E-state index in [1.807, 2.05) is 0 Å². The number of hydrogen-bond donors (Lipinski definition) is 4. The highest BCUT2D eigenvalue weighted by atomic mass is 16.3. The standard InChI is InChI=1S/C10H10N2O4/c13-4-6-1-2-7(5-14)12(6)8-3-9(15)11-10(8)16/h1-4,11,14-16H,5H2. The van der Waals surface area contributed by atoms with Crippen LogP contribution in [0, 0.1) is 0 Å². The molecule has 2 rings (SSSR count). The molecule has 2 heterocycles. The lowest BCUT2D eigenvalue weighted by atomic mass is 10.4. The number of aromatic amines is 1. The van der Waals surface area contributed by atoms with Gasteiger partial charge in [0, 0.05) is 11.8 Å². The summed E-state index contributed by atoms with van der Waals surface area (Å²) in [4.78, 5) is 13.1. The molecule has 0 aliphatic rings. The third-order valence-corrected chi connectivity index (χ3v) is 2.28. The van der Waals surface area contributed by atoms with E-state index in [0.717, 1.165) is 0 Å². The highest BCUT2D eigenvalue weighted by molar-refractivity contribution is 5.75. The van der Waals surface area contributed by atoms with Crippen molar-refractivity contribution >= 4 is 6.29 Å². The second-order valence-electron chi connectivity index (χ2n) is 3.25. The number of aliphatic hydroxyl groups excluding tert-OH is 1. The van der Waals surface area contributed by atoms with Gasteiger partial charge in [-0.1, -0.05) is 0 Å². The fourth-order valence-electron chi connectivity index (χ4n) is 1.60. The maximum Gasteiger partial charge on any atom is 0.216 e. The highest BCUT2D eigenvalue weighted by Gasteiger charge is 2.15. The van der Waals surface area contributed by atoms with Crippen molar-refractivity contribution in [2.45, 2.75) is 6.61 Å². The van der Waals surface area contributed by atoms with Gasteiger partial charge in [-0.05, 0) is 12.1 Å². The number of nitrogens with one attached hydrogen (secondary N) is 1. The third-order valence-electron chi connectivity index (χ3n) is 2.28. The Morgan fingerprint density at radius 1 is 1.38 bits per heavy atom. The van der Waals surface area contributed by atoms with Crippen LogP contribution in [0.15, 0.2) is 18.2 Å². The van der Waals surface area contributed by atoms with E-state index in [1.165, 1.54) is 16.7 Å². The van der Waals surface area contributed by atoms with E-state index in [9.17, 15) is 15.0 Å². The first-order chi connectivity index (χ1) is 7.67. The van der Waals surface area contributed by atoms with Crippen LogP contribution in [0.4, 0.5) is 0 Å². The minimum Gasteiger partial charge on any atom is -0.494 e. The monoisotopic (exact) mass is 222 g/mol. The maximum atomic E-state index is 10.8. The van der Waals surface area contributed by atoms with Crippen molar-refractivity contribution in [2.75, 3.05) is 0 Å². The molecule has 0 saturated heterocycles. The van der Waals surface area contributed by atoms with Crippen LogP contribution in [-0.2, 0) is 6.61 Å². The summed E-state index contributed by atoms with van der Waals surface area (Å²) in [7, 11) is 0. The van der Waals surface area contributed by atoms with Gasteiger partial charge in [0.1, 0.15) is 5.69 Å². The lowest BCUT2D eigenvalue weighted by Gasteiger charge is -2.07. The molecule has 0 aromatic carbocycles. The van der Waals surface area contributed by atoms with Gasteiger partial charge in [-0.25, -0.2) is 0 Å². The highest BCUT2D eigenvalue weighted by Crippen LogP contribution is 2.28. The van der Waals surface area contributed by atoms with Crippen LogP contribution < -0.4 is 0 Å². The molecule has 0 radical (unpaired) electrons. The quantitative estimate of drug-likeness (QED) is 0.569. The van der Waals surface area contributed by atoms with Crippen LogP contribution in [0.5, 0.6) is 11.8 Å². The third kappa shape index (κ3) is 1.45. The minimum absolute atomic E-state index is 0.216. The van der Waals surface area contributed by atoms with Gasteiger partial charge in [0.2, 0.25) is 5.88 Å². The molecule has 2 aromatic heterocycles. The van der Waals surface area contributed by atoms with E-state index in [0.29, 0.717) is 12.0 Å². The fraction of sp³-hybridized carbons (Fsp3) is 0.100. The molecule has 0 aliphatic carbocycles. The molecule has 2 aromatic rings. The van der Waals surface area contributed by atoms with Crippen molar-refractivity contribution in [1.29, 1.82) is 0 Å². The first-order valence-electron chi connectivity index (χ1n) is 4.55. The maximum absolute atomic E-state index is 10.8. The van der Waals surface area contributed by atoms with Crippen LogP contribution >= 0.6 is 0 Å². The summed E-state index contributed by atoms with van der Waals surface area (Å²) >= 11 is 0. The van der Waals surface area contributed by atoms with Gasteiger partial charge in [-0.15, -0.1) is 0 Å². The fourth-order valence-corrected chi connectivity index (χ4v) is 1.60. The normalized spacial score (nSPS) is 10.6. The SMILES string of the molecule is O=Cc1ccc(CO)n1-c1cc(O)[nH]c1O. The summed E-state index contributed by atoms with van der Waals surface area (Å²) < 4.78 is 1.36. The van der Waals surface area contributed by atoms with E-state index >= 15 is 0 Å². The lowest BCUT2D eigenvalue weighted by molar-refractivity contribution is 0.111. The van der Waals surface area contributed by atoms with E-state index in [1.54, 1.807) is 6.07 Å².